The van der Waals surface area contributed by atoms with E-state index in [9.17, 15) is 0 Å². The van der Waals surface area contributed by atoms with Gasteiger partial charge in [-0.05, 0) is 61.8 Å². The standard InChI is InChI=1S/C13H18/c1-10-8-9-12-6-4-3-5-7-13(12)11(10)2/h8-9H,3-7H2,1-2H3. The highest BCUT2D eigenvalue weighted by Gasteiger charge is 2.10. The van der Waals surface area contributed by atoms with Gasteiger partial charge in [-0.3, -0.25) is 0 Å². The van der Waals surface area contributed by atoms with Gasteiger partial charge in [0.1, 0.15) is 0 Å². The molecule has 0 atom stereocenters. The Kier molecular flexibility index (Phi) is 2.39. The van der Waals surface area contributed by atoms with Gasteiger partial charge >= 0.3 is 0 Å². The first-order valence-corrected chi connectivity index (χ1v) is 5.37. The number of benzene rings is 1. The predicted molar refractivity (Wildman–Crippen MR) is 57.2 cm³/mol. The zero-order valence-electron chi connectivity index (χ0n) is 8.69. The van der Waals surface area contributed by atoms with E-state index in [1.165, 1.54) is 37.7 Å². The van der Waals surface area contributed by atoms with Gasteiger partial charge < -0.3 is 0 Å². The first-order chi connectivity index (χ1) is 6.29. The molecule has 0 amide bonds. The van der Waals surface area contributed by atoms with Gasteiger partial charge in [0.2, 0.25) is 0 Å². The van der Waals surface area contributed by atoms with Crippen LogP contribution >= 0.6 is 0 Å². The van der Waals surface area contributed by atoms with Crippen LogP contribution in [0.3, 0.4) is 0 Å². The molecule has 0 nitrogen and oxygen atoms in total. The number of hydrogen-bond donors (Lipinski definition) is 0. The Morgan fingerprint density at radius 3 is 2.54 bits per heavy atom. The van der Waals surface area contributed by atoms with Crippen molar-refractivity contribution in [3.05, 3.63) is 34.4 Å². The Bertz CT molecular complexity index is 310. The fourth-order valence-electron chi connectivity index (χ4n) is 2.31. The molecule has 0 aliphatic heterocycles. The number of aryl methyl sites for hydroxylation is 2. The Morgan fingerprint density at radius 1 is 0.923 bits per heavy atom. The third kappa shape index (κ3) is 1.63. The Morgan fingerprint density at radius 2 is 1.69 bits per heavy atom. The summed E-state index contributed by atoms with van der Waals surface area (Å²) in [5, 5.41) is 0. The zero-order chi connectivity index (χ0) is 9.26. The van der Waals surface area contributed by atoms with Crippen LogP contribution in [0.4, 0.5) is 0 Å². The molecule has 0 bridgehead atoms. The molecule has 2 rings (SSSR count). The van der Waals surface area contributed by atoms with Gasteiger partial charge in [0, 0.05) is 0 Å². The maximum absolute atomic E-state index is 2.34. The summed E-state index contributed by atoms with van der Waals surface area (Å²) >= 11 is 0. The molecule has 0 fully saturated rings. The van der Waals surface area contributed by atoms with E-state index in [1.54, 1.807) is 16.7 Å². The van der Waals surface area contributed by atoms with Crippen molar-refractivity contribution in [3.8, 4) is 0 Å². The van der Waals surface area contributed by atoms with Crippen molar-refractivity contribution in [2.45, 2.75) is 46.0 Å². The molecular weight excluding hydrogens is 156 g/mol. The van der Waals surface area contributed by atoms with Crippen LogP contribution in [0.25, 0.3) is 0 Å². The van der Waals surface area contributed by atoms with E-state index in [2.05, 4.69) is 26.0 Å². The molecular formula is C13H18. The predicted octanol–water partition coefficient (Wildman–Crippen LogP) is 3.57. The fourth-order valence-corrected chi connectivity index (χ4v) is 2.31. The van der Waals surface area contributed by atoms with Crippen LogP contribution < -0.4 is 0 Å². The number of rotatable bonds is 0. The third-order valence-corrected chi connectivity index (χ3v) is 3.34. The quantitative estimate of drug-likeness (QED) is 0.527. The molecule has 0 saturated heterocycles. The van der Waals surface area contributed by atoms with Gasteiger partial charge in [-0.1, -0.05) is 18.6 Å². The molecule has 0 aromatic heterocycles. The smallest absolute Gasteiger partial charge is 0.0273 e. The summed E-state index contributed by atoms with van der Waals surface area (Å²) in [6.45, 7) is 4.50. The van der Waals surface area contributed by atoms with Crippen molar-refractivity contribution in [2.24, 2.45) is 0 Å². The number of hydrogen-bond acceptors (Lipinski definition) is 0. The highest BCUT2D eigenvalue weighted by molar-refractivity contribution is 5.40. The largest absolute Gasteiger partial charge is 0.0588 e. The van der Waals surface area contributed by atoms with Crippen molar-refractivity contribution in [3.63, 3.8) is 0 Å². The molecule has 0 saturated carbocycles. The molecule has 0 radical (unpaired) electrons. The van der Waals surface area contributed by atoms with Crippen LogP contribution in [0.15, 0.2) is 12.1 Å². The van der Waals surface area contributed by atoms with E-state index in [1.807, 2.05) is 0 Å². The summed E-state index contributed by atoms with van der Waals surface area (Å²) < 4.78 is 0. The fraction of sp³-hybridized carbons (Fsp3) is 0.538. The van der Waals surface area contributed by atoms with Crippen molar-refractivity contribution < 1.29 is 0 Å². The first kappa shape index (κ1) is 8.80. The van der Waals surface area contributed by atoms with Crippen LogP contribution in [0.2, 0.25) is 0 Å². The minimum Gasteiger partial charge on any atom is -0.0588 e. The maximum atomic E-state index is 2.34. The third-order valence-electron chi connectivity index (χ3n) is 3.34. The molecule has 0 unspecified atom stereocenters. The van der Waals surface area contributed by atoms with Crippen LogP contribution in [0.5, 0.6) is 0 Å². The lowest BCUT2D eigenvalue weighted by Crippen LogP contribution is -1.96. The first-order valence-electron chi connectivity index (χ1n) is 5.37. The highest BCUT2D eigenvalue weighted by Crippen LogP contribution is 2.25. The Balaban J connectivity index is 2.48. The van der Waals surface area contributed by atoms with Crippen molar-refractivity contribution in [2.75, 3.05) is 0 Å². The molecule has 1 aromatic carbocycles. The molecule has 0 spiro atoms. The normalized spacial score (nSPS) is 16.5. The van der Waals surface area contributed by atoms with Crippen LogP contribution in [0, 0.1) is 13.8 Å². The second kappa shape index (κ2) is 3.53. The second-order valence-corrected chi connectivity index (χ2v) is 4.21. The summed E-state index contributed by atoms with van der Waals surface area (Å²) in [6, 6.07) is 4.61. The molecule has 0 heterocycles. The van der Waals surface area contributed by atoms with Crippen molar-refractivity contribution >= 4 is 0 Å². The monoisotopic (exact) mass is 174 g/mol. The van der Waals surface area contributed by atoms with Gasteiger partial charge in [0.05, 0.1) is 0 Å². The molecule has 13 heavy (non-hydrogen) atoms. The van der Waals surface area contributed by atoms with Crippen molar-refractivity contribution in [1.29, 1.82) is 0 Å². The molecule has 70 valence electrons. The average molecular weight is 174 g/mol. The van der Waals surface area contributed by atoms with Crippen LogP contribution in [0.1, 0.15) is 41.5 Å². The van der Waals surface area contributed by atoms with Crippen molar-refractivity contribution in [1.82, 2.24) is 0 Å². The van der Waals surface area contributed by atoms with Gasteiger partial charge in [-0.2, -0.15) is 0 Å². The van der Waals surface area contributed by atoms with E-state index in [4.69, 9.17) is 0 Å². The number of fused-ring (bicyclic) bond motifs is 1. The summed E-state index contributed by atoms with van der Waals surface area (Å²) in [5.74, 6) is 0. The van der Waals surface area contributed by atoms with Gasteiger partial charge in [0.15, 0.2) is 0 Å². The average Bonchev–Trinajstić information content (AvgIpc) is 2.36. The van der Waals surface area contributed by atoms with Gasteiger partial charge in [-0.25, -0.2) is 0 Å². The lowest BCUT2D eigenvalue weighted by Gasteiger charge is -2.11. The molecule has 0 heteroatoms. The lowest BCUT2D eigenvalue weighted by molar-refractivity contribution is 0.711. The molecule has 0 N–H and O–H groups in total. The molecule has 1 aromatic rings. The Labute approximate surface area is 81.0 Å². The maximum Gasteiger partial charge on any atom is -0.0273 e. The minimum atomic E-state index is 1.30. The van der Waals surface area contributed by atoms with Gasteiger partial charge in [0.25, 0.3) is 0 Å². The SMILES string of the molecule is Cc1ccc2c(c1C)CCCCC2. The second-order valence-electron chi connectivity index (χ2n) is 4.21. The molecule has 1 aliphatic rings. The Hall–Kier alpha value is -0.780. The minimum absolute atomic E-state index is 1.30. The summed E-state index contributed by atoms with van der Waals surface area (Å²) in [4.78, 5) is 0. The zero-order valence-corrected chi connectivity index (χ0v) is 8.69. The summed E-state index contributed by atoms with van der Waals surface area (Å²) in [6.07, 6.45) is 6.79. The van der Waals surface area contributed by atoms with E-state index >= 15 is 0 Å². The van der Waals surface area contributed by atoms with E-state index < -0.39 is 0 Å². The lowest BCUT2D eigenvalue weighted by atomic mass is 9.94. The molecule has 1 aliphatic carbocycles. The van der Waals surface area contributed by atoms with E-state index in [0.29, 0.717) is 0 Å². The topological polar surface area (TPSA) is 0 Å². The van der Waals surface area contributed by atoms with Crippen LogP contribution in [-0.4, -0.2) is 0 Å². The summed E-state index contributed by atoms with van der Waals surface area (Å²) in [5.41, 5.74) is 6.26. The van der Waals surface area contributed by atoms with Gasteiger partial charge in [-0.15, -0.1) is 0 Å². The van der Waals surface area contributed by atoms with E-state index in [-0.39, 0.29) is 0 Å². The highest BCUT2D eigenvalue weighted by atomic mass is 14.2. The summed E-state index contributed by atoms with van der Waals surface area (Å²) in [7, 11) is 0. The van der Waals surface area contributed by atoms with E-state index in [0.717, 1.165) is 0 Å². The van der Waals surface area contributed by atoms with Crippen LogP contribution in [-0.2, 0) is 12.8 Å².